The highest BCUT2D eigenvalue weighted by Gasteiger charge is 2.12. The number of carbonyl (C=O) groups excluding carboxylic acids is 1. The van der Waals surface area contributed by atoms with Crippen LogP contribution in [0.25, 0.3) is 0 Å². The van der Waals surface area contributed by atoms with Crippen LogP contribution in [0.15, 0.2) is 54.6 Å². The van der Waals surface area contributed by atoms with E-state index in [1.807, 2.05) is 54.6 Å². The first-order valence-corrected chi connectivity index (χ1v) is 7.04. The van der Waals surface area contributed by atoms with E-state index in [1.165, 1.54) is 0 Å². The lowest BCUT2D eigenvalue weighted by Crippen LogP contribution is -2.17. The van der Waals surface area contributed by atoms with Crippen molar-refractivity contribution in [1.29, 1.82) is 0 Å². The van der Waals surface area contributed by atoms with E-state index in [0.717, 1.165) is 16.9 Å². The summed E-state index contributed by atoms with van der Waals surface area (Å²) < 4.78 is 5.09. The van der Waals surface area contributed by atoms with E-state index in [0.29, 0.717) is 12.8 Å². The van der Waals surface area contributed by atoms with Crippen LogP contribution in [0.3, 0.4) is 0 Å². The number of aliphatic hydroxyl groups is 1. The molecule has 1 atom stereocenters. The molecule has 3 heteroatoms. The highest BCUT2D eigenvalue weighted by atomic mass is 16.5. The van der Waals surface area contributed by atoms with Crippen LogP contribution in [-0.2, 0) is 17.6 Å². The molecule has 0 saturated heterocycles. The second kappa shape index (κ2) is 7.60. The van der Waals surface area contributed by atoms with Gasteiger partial charge in [0.15, 0.2) is 0 Å². The van der Waals surface area contributed by atoms with Crippen LogP contribution in [0.2, 0.25) is 0 Å². The molecule has 0 heterocycles. The fourth-order valence-corrected chi connectivity index (χ4v) is 2.26. The number of benzene rings is 2. The summed E-state index contributed by atoms with van der Waals surface area (Å²) in [6.07, 6.45) is 0.390. The zero-order valence-corrected chi connectivity index (χ0v) is 12.2. The van der Waals surface area contributed by atoms with Crippen molar-refractivity contribution in [1.82, 2.24) is 0 Å². The number of Topliss-reactive ketones (excluding diaryl/α,β-unsaturated/α-hetero) is 1. The minimum Gasteiger partial charge on any atom is -0.497 e. The molecular weight excluding hydrogens is 264 g/mol. The van der Waals surface area contributed by atoms with Crippen LogP contribution >= 0.6 is 0 Å². The molecule has 21 heavy (non-hydrogen) atoms. The zero-order valence-electron chi connectivity index (χ0n) is 12.2. The molecule has 0 aliphatic heterocycles. The van der Waals surface area contributed by atoms with Gasteiger partial charge in [0, 0.05) is 12.8 Å². The summed E-state index contributed by atoms with van der Waals surface area (Å²) >= 11 is 0. The Kier molecular flexibility index (Phi) is 5.52. The summed E-state index contributed by atoms with van der Waals surface area (Å²) in [6, 6.07) is 17.1. The number of hydrogen-bond donors (Lipinski definition) is 1. The smallest absolute Gasteiger partial charge is 0.139 e. The third-order valence-electron chi connectivity index (χ3n) is 3.34. The second-order valence-electron chi connectivity index (χ2n) is 5.11. The summed E-state index contributed by atoms with van der Waals surface area (Å²) in [5.74, 6) is 0.843. The van der Waals surface area contributed by atoms with E-state index in [1.54, 1.807) is 7.11 Å². The predicted molar refractivity (Wildman–Crippen MR) is 82.5 cm³/mol. The average molecular weight is 284 g/mol. The molecule has 0 radical (unpaired) electrons. The lowest BCUT2D eigenvalue weighted by molar-refractivity contribution is -0.120. The van der Waals surface area contributed by atoms with Crippen molar-refractivity contribution in [3.63, 3.8) is 0 Å². The van der Waals surface area contributed by atoms with Crippen LogP contribution in [0.5, 0.6) is 5.75 Å². The van der Waals surface area contributed by atoms with Crippen molar-refractivity contribution in [3.8, 4) is 5.75 Å². The van der Waals surface area contributed by atoms with Crippen LogP contribution in [0.1, 0.15) is 17.5 Å². The minimum absolute atomic E-state index is 0.0576. The van der Waals surface area contributed by atoms with Gasteiger partial charge in [-0.2, -0.15) is 0 Å². The summed E-state index contributed by atoms with van der Waals surface area (Å²) in [6.45, 7) is 0. The Bertz CT molecular complexity index is 561. The molecule has 2 aromatic carbocycles. The summed E-state index contributed by atoms with van der Waals surface area (Å²) in [5, 5.41) is 10.0. The van der Waals surface area contributed by atoms with Crippen LogP contribution in [0.4, 0.5) is 0 Å². The van der Waals surface area contributed by atoms with Crippen LogP contribution in [0, 0.1) is 0 Å². The number of ether oxygens (including phenoxy) is 1. The Morgan fingerprint density at radius 3 is 2.33 bits per heavy atom. The molecule has 0 fully saturated rings. The normalized spacial score (nSPS) is 11.9. The van der Waals surface area contributed by atoms with Gasteiger partial charge in [-0.25, -0.2) is 0 Å². The monoisotopic (exact) mass is 284 g/mol. The lowest BCUT2D eigenvalue weighted by atomic mass is 10.0. The maximum absolute atomic E-state index is 11.9. The van der Waals surface area contributed by atoms with Gasteiger partial charge in [0.25, 0.3) is 0 Å². The standard InChI is InChI=1S/C18H20O3/c1-21-18-9-7-15(8-10-18)12-17(20)13-16(19)11-14-5-3-2-4-6-14/h2-10,17,20H,11-13H2,1H3. The maximum atomic E-state index is 11.9. The number of aliphatic hydroxyl groups excluding tert-OH is 1. The van der Waals surface area contributed by atoms with Gasteiger partial charge in [-0.15, -0.1) is 0 Å². The Morgan fingerprint density at radius 1 is 1.05 bits per heavy atom. The number of carbonyl (C=O) groups is 1. The summed E-state index contributed by atoms with van der Waals surface area (Å²) in [4.78, 5) is 11.9. The van der Waals surface area contributed by atoms with Gasteiger partial charge in [-0.05, 0) is 29.7 Å². The molecule has 0 aliphatic rings. The minimum atomic E-state index is -0.644. The van der Waals surface area contributed by atoms with Gasteiger partial charge >= 0.3 is 0 Å². The van der Waals surface area contributed by atoms with Crippen molar-refractivity contribution in [2.24, 2.45) is 0 Å². The van der Waals surface area contributed by atoms with Crippen molar-refractivity contribution in [2.75, 3.05) is 7.11 Å². The molecule has 0 amide bonds. The van der Waals surface area contributed by atoms with Gasteiger partial charge in [-0.3, -0.25) is 4.79 Å². The molecule has 0 aliphatic carbocycles. The van der Waals surface area contributed by atoms with E-state index in [4.69, 9.17) is 4.74 Å². The molecule has 0 saturated carbocycles. The van der Waals surface area contributed by atoms with E-state index >= 15 is 0 Å². The average Bonchev–Trinajstić information content (AvgIpc) is 2.48. The van der Waals surface area contributed by atoms with Gasteiger partial charge < -0.3 is 9.84 Å². The number of hydrogen-bond acceptors (Lipinski definition) is 3. The first-order valence-electron chi connectivity index (χ1n) is 7.04. The molecule has 1 N–H and O–H groups in total. The van der Waals surface area contributed by atoms with Gasteiger partial charge in [-0.1, -0.05) is 42.5 Å². The third-order valence-corrected chi connectivity index (χ3v) is 3.34. The van der Waals surface area contributed by atoms with E-state index in [-0.39, 0.29) is 12.2 Å². The number of ketones is 1. The fraction of sp³-hybridized carbons (Fsp3) is 0.278. The summed E-state index contributed by atoms with van der Waals surface area (Å²) in [5.41, 5.74) is 1.98. The van der Waals surface area contributed by atoms with Crippen molar-refractivity contribution in [3.05, 3.63) is 65.7 Å². The topological polar surface area (TPSA) is 46.5 Å². The van der Waals surface area contributed by atoms with Crippen molar-refractivity contribution < 1.29 is 14.6 Å². The first kappa shape index (κ1) is 15.3. The molecule has 0 bridgehead atoms. The molecule has 0 aromatic heterocycles. The second-order valence-corrected chi connectivity index (χ2v) is 5.11. The molecule has 110 valence electrons. The SMILES string of the molecule is COc1ccc(CC(O)CC(=O)Cc2ccccc2)cc1. The van der Waals surface area contributed by atoms with Crippen molar-refractivity contribution in [2.45, 2.75) is 25.4 Å². The Hall–Kier alpha value is -2.13. The van der Waals surface area contributed by atoms with Crippen LogP contribution in [-0.4, -0.2) is 24.1 Å². The predicted octanol–water partition coefficient (Wildman–Crippen LogP) is 2.80. The highest BCUT2D eigenvalue weighted by molar-refractivity contribution is 5.81. The molecule has 0 spiro atoms. The first-order chi connectivity index (χ1) is 10.2. The molecule has 3 nitrogen and oxygen atoms in total. The van der Waals surface area contributed by atoms with Gasteiger partial charge in [0.1, 0.15) is 11.5 Å². The molecule has 2 aromatic rings. The Balaban J connectivity index is 1.83. The van der Waals surface area contributed by atoms with Gasteiger partial charge in [0.05, 0.1) is 13.2 Å². The van der Waals surface area contributed by atoms with E-state index in [9.17, 15) is 9.90 Å². The molecular formula is C18H20O3. The Morgan fingerprint density at radius 2 is 1.71 bits per heavy atom. The van der Waals surface area contributed by atoms with Gasteiger partial charge in [0.2, 0.25) is 0 Å². The van der Waals surface area contributed by atoms with E-state index in [2.05, 4.69) is 0 Å². The highest BCUT2D eigenvalue weighted by Crippen LogP contribution is 2.14. The lowest BCUT2D eigenvalue weighted by Gasteiger charge is -2.10. The summed E-state index contributed by atoms with van der Waals surface area (Å²) in [7, 11) is 1.62. The number of methoxy groups -OCH3 is 1. The zero-order chi connectivity index (χ0) is 15.1. The fourth-order valence-electron chi connectivity index (χ4n) is 2.26. The maximum Gasteiger partial charge on any atom is 0.139 e. The third kappa shape index (κ3) is 5.04. The van der Waals surface area contributed by atoms with Crippen molar-refractivity contribution >= 4 is 5.78 Å². The Labute approximate surface area is 125 Å². The van der Waals surface area contributed by atoms with Crippen LogP contribution < -0.4 is 4.74 Å². The number of rotatable bonds is 7. The van der Waals surface area contributed by atoms with E-state index < -0.39 is 6.10 Å². The molecule has 1 unspecified atom stereocenters. The quantitative estimate of drug-likeness (QED) is 0.850. The molecule has 2 rings (SSSR count). The largest absolute Gasteiger partial charge is 0.497 e.